The summed E-state index contributed by atoms with van der Waals surface area (Å²) in [6, 6.07) is 9.01. The Labute approximate surface area is 150 Å². The Morgan fingerprint density at radius 2 is 2.04 bits per heavy atom. The lowest BCUT2D eigenvalue weighted by Gasteiger charge is -2.12. The maximum absolute atomic E-state index is 12.5. The van der Waals surface area contributed by atoms with Crippen LogP contribution in [0, 0.1) is 6.92 Å². The molecular formula is C17H17ClN6O. The van der Waals surface area contributed by atoms with E-state index in [1.807, 2.05) is 19.9 Å². The molecular weight excluding hydrogens is 340 g/mol. The number of hydrogen-bond acceptors (Lipinski definition) is 5. The summed E-state index contributed by atoms with van der Waals surface area (Å²) in [4.78, 5) is 16.8. The van der Waals surface area contributed by atoms with Gasteiger partial charge in [0.1, 0.15) is 0 Å². The number of halogens is 1. The summed E-state index contributed by atoms with van der Waals surface area (Å²) >= 11 is 5.91. The van der Waals surface area contributed by atoms with Gasteiger partial charge in [0, 0.05) is 23.4 Å². The van der Waals surface area contributed by atoms with E-state index in [-0.39, 0.29) is 11.9 Å². The van der Waals surface area contributed by atoms with E-state index in [1.165, 1.54) is 0 Å². The van der Waals surface area contributed by atoms with Crippen LogP contribution < -0.4 is 5.32 Å². The number of aryl methyl sites for hydroxylation is 1. The molecule has 0 fully saturated rings. The number of carbonyl (C=O) groups excluding carboxylic acids is 1. The van der Waals surface area contributed by atoms with E-state index >= 15 is 0 Å². The van der Waals surface area contributed by atoms with Crippen LogP contribution in [-0.2, 0) is 0 Å². The first-order valence-corrected chi connectivity index (χ1v) is 8.15. The third-order valence-electron chi connectivity index (χ3n) is 3.49. The fourth-order valence-corrected chi connectivity index (χ4v) is 2.49. The molecule has 0 saturated carbocycles. The Balaban J connectivity index is 2.12. The Hall–Kier alpha value is -2.80. The minimum Gasteiger partial charge on any atom is -0.350 e. The molecule has 0 bridgehead atoms. The Kier molecular flexibility index (Phi) is 4.76. The lowest BCUT2D eigenvalue weighted by Crippen LogP contribution is -2.30. The van der Waals surface area contributed by atoms with Crippen molar-refractivity contribution in [3.8, 4) is 16.9 Å². The summed E-state index contributed by atoms with van der Waals surface area (Å²) in [7, 11) is 0. The second-order valence-electron chi connectivity index (χ2n) is 5.90. The lowest BCUT2D eigenvalue weighted by atomic mass is 10.0. The van der Waals surface area contributed by atoms with Gasteiger partial charge in [0.2, 0.25) is 0 Å². The molecule has 0 aliphatic rings. The van der Waals surface area contributed by atoms with E-state index in [2.05, 4.69) is 25.8 Å². The maximum atomic E-state index is 12.5. The first kappa shape index (κ1) is 17.0. The predicted octanol–water partition coefficient (Wildman–Crippen LogP) is 2.82. The maximum Gasteiger partial charge on any atom is 0.251 e. The van der Waals surface area contributed by atoms with Crippen molar-refractivity contribution >= 4 is 17.5 Å². The van der Waals surface area contributed by atoms with Gasteiger partial charge >= 0.3 is 0 Å². The number of benzene rings is 1. The zero-order chi connectivity index (χ0) is 18.0. The van der Waals surface area contributed by atoms with Crippen molar-refractivity contribution in [3.05, 3.63) is 52.9 Å². The Morgan fingerprint density at radius 3 is 2.64 bits per heavy atom. The predicted molar refractivity (Wildman–Crippen MR) is 94.7 cm³/mol. The molecule has 7 nitrogen and oxygen atoms in total. The van der Waals surface area contributed by atoms with Crippen LogP contribution >= 0.6 is 11.6 Å². The molecule has 0 radical (unpaired) electrons. The zero-order valence-corrected chi connectivity index (χ0v) is 14.8. The topological polar surface area (TPSA) is 85.6 Å². The molecule has 0 saturated heterocycles. The smallest absolute Gasteiger partial charge is 0.251 e. The average molecular weight is 357 g/mol. The Bertz CT molecular complexity index is 904. The largest absolute Gasteiger partial charge is 0.350 e. The molecule has 0 aliphatic carbocycles. The highest BCUT2D eigenvalue weighted by atomic mass is 35.5. The highest BCUT2D eigenvalue weighted by molar-refractivity contribution is 6.30. The molecule has 128 valence electrons. The van der Waals surface area contributed by atoms with Gasteiger partial charge < -0.3 is 5.32 Å². The molecule has 1 aromatic carbocycles. The molecule has 1 amide bonds. The third-order valence-corrected chi connectivity index (χ3v) is 3.72. The van der Waals surface area contributed by atoms with Gasteiger partial charge in [0.05, 0.1) is 16.4 Å². The molecule has 25 heavy (non-hydrogen) atoms. The minimum absolute atomic E-state index is 0.0306. The molecule has 3 rings (SSSR count). The number of tetrazole rings is 1. The number of hydrogen-bond donors (Lipinski definition) is 1. The minimum atomic E-state index is -0.169. The fraction of sp³-hybridized carbons (Fsp3) is 0.235. The average Bonchev–Trinajstić information content (AvgIpc) is 3.00. The number of nitrogens with one attached hydrogen (secondary N) is 1. The van der Waals surface area contributed by atoms with Crippen molar-refractivity contribution in [3.63, 3.8) is 0 Å². The lowest BCUT2D eigenvalue weighted by molar-refractivity contribution is 0.0943. The third kappa shape index (κ3) is 3.83. The summed E-state index contributed by atoms with van der Waals surface area (Å²) in [5.41, 5.74) is 2.67. The quantitative estimate of drug-likeness (QED) is 0.776. The summed E-state index contributed by atoms with van der Waals surface area (Å²) in [5, 5.41) is 15.0. The van der Waals surface area contributed by atoms with E-state index in [4.69, 9.17) is 11.6 Å². The van der Waals surface area contributed by atoms with Crippen LogP contribution in [0.3, 0.4) is 0 Å². The molecule has 0 unspecified atom stereocenters. The van der Waals surface area contributed by atoms with E-state index in [0.717, 1.165) is 5.56 Å². The van der Waals surface area contributed by atoms with Gasteiger partial charge in [0.25, 0.3) is 5.91 Å². The van der Waals surface area contributed by atoms with Gasteiger partial charge in [-0.05, 0) is 61.5 Å². The van der Waals surface area contributed by atoms with Gasteiger partial charge in [-0.2, -0.15) is 4.68 Å². The van der Waals surface area contributed by atoms with E-state index in [9.17, 15) is 4.79 Å². The molecule has 0 atom stereocenters. The first-order valence-electron chi connectivity index (χ1n) is 7.77. The van der Waals surface area contributed by atoms with Crippen molar-refractivity contribution in [1.82, 2.24) is 30.5 Å². The number of amides is 1. The van der Waals surface area contributed by atoms with E-state index < -0.39 is 0 Å². The summed E-state index contributed by atoms with van der Waals surface area (Å²) in [5.74, 6) is 0.453. The Morgan fingerprint density at radius 1 is 1.24 bits per heavy atom. The molecule has 2 aromatic heterocycles. The van der Waals surface area contributed by atoms with Crippen LogP contribution in [0.5, 0.6) is 0 Å². The van der Waals surface area contributed by atoms with Crippen molar-refractivity contribution in [2.24, 2.45) is 0 Å². The normalized spacial score (nSPS) is 10.9. The van der Waals surface area contributed by atoms with Crippen molar-refractivity contribution in [1.29, 1.82) is 0 Å². The van der Waals surface area contributed by atoms with E-state index in [1.54, 1.807) is 42.1 Å². The molecule has 2 heterocycles. The molecule has 8 heteroatoms. The highest BCUT2D eigenvalue weighted by Crippen LogP contribution is 2.24. The number of pyridine rings is 1. The molecule has 0 spiro atoms. The second-order valence-corrected chi connectivity index (χ2v) is 6.33. The van der Waals surface area contributed by atoms with Gasteiger partial charge in [0.15, 0.2) is 5.82 Å². The zero-order valence-electron chi connectivity index (χ0n) is 14.1. The number of aromatic nitrogens is 5. The van der Waals surface area contributed by atoms with Crippen LogP contribution in [0.4, 0.5) is 0 Å². The van der Waals surface area contributed by atoms with Crippen LogP contribution in [0.2, 0.25) is 5.02 Å². The monoisotopic (exact) mass is 356 g/mol. The summed E-state index contributed by atoms with van der Waals surface area (Å²) in [6.45, 7) is 5.62. The molecule has 0 aliphatic heterocycles. The number of rotatable bonds is 4. The van der Waals surface area contributed by atoms with Crippen LogP contribution in [0.25, 0.3) is 16.9 Å². The second kappa shape index (κ2) is 6.98. The van der Waals surface area contributed by atoms with Crippen LogP contribution in [-0.4, -0.2) is 37.1 Å². The van der Waals surface area contributed by atoms with Gasteiger partial charge in [-0.1, -0.05) is 11.6 Å². The summed E-state index contributed by atoms with van der Waals surface area (Å²) < 4.78 is 1.57. The highest BCUT2D eigenvalue weighted by Gasteiger charge is 2.14. The summed E-state index contributed by atoms with van der Waals surface area (Å²) in [6.07, 6.45) is 1.57. The van der Waals surface area contributed by atoms with Gasteiger partial charge in [-0.3, -0.25) is 9.78 Å². The number of carbonyl (C=O) groups is 1. The van der Waals surface area contributed by atoms with Crippen LogP contribution in [0.1, 0.15) is 30.0 Å². The van der Waals surface area contributed by atoms with Crippen molar-refractivity contribution < 1.29 is 4.79 Å². The van der Waals surface area contributed by atoms with Crippen molar-refractivity contribution in [2.75, 3.05) is 0 Å². The van der Waals surface area contributed by atoms with Gasteiger partial charge in [-0.15, -0.1) is 5.10 Å². The van der Waals surface area contributed by atoms with Crippen molar-refractivity contribution in [2.45, 2.75) is 26.8 Å². The SMILES string of the molecule is Cc1nnnn1-c1cc(C(=O)NC(C)C)cc(-c2ccc(Cl)cn2)c1. The van der Waals surface area contributed by atoms with E-state index in [0.29, 0.717) is 27.8 Å². The first-order chi connectivity index (χ1) is 11.9. The fourth-order valence-electron chi connectivity index (χ4n) is 2.37. The number of nitrogens with zero attached hydrogens (tertiary/aromatic N) is 5. The molecule has 1 N–H and O–H groups in total. The van der Waals surface area contributed by atoms with Crippen LogP contribution in [0.15, 0.2) is 36.5 Å². The standard InChI is InChI=1S/C17H17ClN6O/c1-10(2)20-17(25)13-6-12(16-5-4-14(18)9-19-16)7-15(8-13)24-11(3)21-22-23-24/h4-10H,1-3H3,(H,20,25). The van der Waals surface area contributed by atoms with Gasteiger partial charge in [-0.25, -0.2) is 0 Å². The molecule has 3 aromatic rings.